The van der Waals surface area contributed by atoms with Crippen molar-refractivity contribution in [3.8, 4) is 0 Å². The van der Waals surface area contributed by atoms with Gasteiger partial charge in [0.25, 0.3) is 0 Å². The number of hydrogen-bond donors (Lipinski definition) is 1. The molecule has 1 saturated heterocycles. The van der Waals surface area contributed by atoms with Crippen LogP contribution >= 0.6 is 11.3 Å². The molecule has 0 radical (unpaired) electrons. The van der Waals surface area contributed by atoms with Crippen LogP contribution in [0.4, 0.5) is 0 Å². The van der Waals surface area contributed by atoms with Gasteiger partial charge < -0.3 is 9.84 Å². The number of carboxylic acids is 1. The summed E-state index contributed by atoms with van der Waals surface area (Å²) < 4.78 is 31.5. The smallest absolute Gasteiger partial charge is 0.347 e. The molecule has 6 nitrogen and oxygen atoms in total. The maximum atomic E-state index is 12.5. The zero-order valence-electron chi connectivity index (χ0n) is 10.6. The number of thiophene rings is 1. The van der Waals surface area contributed by atoms with E-state index in [0.29, 0.717) is 18.5 Å². The van der Waals surface area contributed by atoms with Crippen molar-refractivity contribution in [3.05, 3.63) is 15.8 Å². The van der Waals surface area contributed by atoms with Crippen LogP contribution in [0.25, 0.3) is 0 Å². The number of rotatable bonds is 4. The average molecular weight is 305 g/mol. The van der Waals surface area contributed by atoms with Crippen molar-refractivity contribution in [3.63, 3.8) is 0 Å². The highest BCUT2D eigenvalue weighted by Gasteiger charge is 2.36. The molecule has 0 saturated carbocycles. The van der Waals surface area contributed by atoms with Crippen LogP contribution in [-0.2, 0) is 14.8 Å². The first-order valence-electron chi connectivity index (χ1n) is 5.72. The summed E-state index contributed by atoms with van der Waals surface area (Å²) >= 11 is 0.940. The van der Waals surface area contributed by atoms with Gasteiger partial charge in [-0.25, -0.2) is 13.2 Å². The molecular formula is C11H15NO5S2. The van der Waals surface area contributed by atoms with E-state index in [9.17, 15) is 13.2 Å². The van der Waals surface area contributed by atoms with E-state index in [4.69, 9.17) is 9.84 Å². The van der Waals surface area contributed by atoms with E-state index in [2.05, 4.69) is 0 Å². The standard InChI is InChI=1S/C11H15NO5S2/c1-7-6-18-9(11(13)14)10(7)19(15,16)12-4-3-8(5-12)17-2/h6,8H,3-5H2,1-2H3,(H,13,14). The number of aryl methyl sites for hydroxylation is 1. The maximum Gasteiger partial charge on any atom is 0.347 e. The van der Waals surface area contributed by atoms with Crippen molar-refractivity contribution < 1.29 is 23.1 Å². The average Bonchev–Trinajstić information content (AvgIpc) is 2.94. The predicted octanol–water partition coefficient (Wildman–Crippen LogP) is 1.16. The van der Waals surface area contributed by atoms with Gasteiger partial charge in [-0.15, -0.1) is 11.3 Å². The largest absolute Gasteiger partial charge is 0.477 e. The van der Waals surface area contributed by atoms with Crippen molar-refractivity contribution in [2.24, 2.45) is 0 Å². The second kappa shape index (κ2) is 5.20. The number of hydrogen-bond acceptors (Lipinski definition) is 5. The highest BCUT2D eigenvalue weighted by molar-refractivity contribution is 7.89. The molecule has 1 aliphatic rings. The van der Waals surface area contributed by atoms with E-state index in [0.717, 1.165) is 11.3 Å². The number of carbonyl (C=O) groups is 1. The number of nitrogens with zero attached hydrogens (tertiary/aromatic N) is 1. The Morgan fingerprint density at radius 3 is 2.79 bits per heavy atom. The lowest BCUT2D eigenvalue weighted by atomic mass is 10.3. The molecular weight excluding hydrogens is 290 g/mol. The lowest BCUT2D eigenvalue weighted by molar-refractivity contribution is 0.0698. The summed E-state index contributed by atoms with van der Waals surface area (Å²) in [5.74, 6) is -1.21. The Kier molecular flexibility index (Phi) is 3.95. The van der Waals surface area contributed by atoms with Crippen LogP contribution in [0.3, 0.4) is 0 Å². The van der Waals surface area contributed by atoms with E-state index in [1.165, 1.54) is 4.31 Å². The minimum atomic E-state index is -3.76. The lowest BCUT2D eigenvalue weighted by Crippen LogP contribution is -2.31. The molecule has 2 rings (SSSR count). The third kappa shape index (κ3) is 2.53. The monoisotopic (exact) mass is 305 g/mol. The molecule has 0 bridgehead atoms. The molecule has 8 heteroatoms. The van der Waals surface area contributed by atoms with Crippen LogP contribution in [0.2, 0.25) is 0 Å². The number of ether oxygens (including phenoxy) is 1. The first-order chi connectivity index (χ1) is 8.87. The molecule has 1 aromatic heterocycles. The van der Waals surface area contributed by atoms with Crippen molar-refractivity contribution in [2.75, 3.05) is 20.2 Å². The Hall–Kier alpha value is -0.960. The van der Waals surface area contributed by atoms with E-state index in [-0.39, 0.29) is 22.4 Å². The molecule has 0 aromatic carbocycles. The highest BCUT2D eigenvalue weighted by atomic mass is 32.2. The normalized spacial score (nSPS) is 20.8. The van der Waals surface area contributed by atoms with Crippen LogP contribution in [-0.4, -0.2) is 50.1 Å². The van der Waals surface area contributed by atoms with Crippen LogP contribution in [0.1, 0.15) is 21.7 Å². The lowest BCUT2D eigenvalue weighted by Gasteiger charge is -2.16. The Labute approximate surface area is 115 Å². The molecule has 0 amide bonds. The minimum Gasteiger partial charge on any atom is -0.477 e. The van der Waals surface area contributed by atoms with Gasteiger partial charge >= 0.3 is 5.97 Å². The van der Waals surface area contributed by atoms with Crippen molar-refractivity contribution in [1.82, 2.24) is 4.31 Å². The van der Waals surface area contributed by atoms with Gasteiger partial charge in [0.1, 0.15) is 9.77 Å². The zero-order chi connectivity index (χ0) is 14.2. The van der Waals surface area contributed by atoms with E-state index < -0.39 is 16.0 Å². The second-order valence-corrected chi connectivity index (χ2v) is 7.15. The summed E-state index contributed by atoms with van der Waals surface area (Å²) in [5, 5.41) is 10.6. The molecule has 1 fully saturated rings. The highest BCUT2D eigenvalue weighted by Crippen LogP contribution is 2.31. The Morgan fingerprint density at radius 1 is 1.58 bits per heavy atom. The van der Waals surface area contributed by atoms with Crippen LogP contribution in [0, 0.1) is 6.92 Å². The molecule has 0 aliphatic carbocycles. The number of methoxy groups -OCH3 is 1. The summed E-state index contributed by atoms with van der Waals surface area (Å²) in [4.78, 5) is 10.9. The van der Waals surface area contributed by atoms with Crippen LogP contribution in [0.5, 0.6) is 0 Å². The minimum absolute atomic E-state index is 0.0817. The van der Waals surface area contributed by atoms with Crippen molar-refractivity contribution in [2.45, 2.75) is 24.3 Å². The third-order valence-electron chi connectivity index (χ3n) is 3.15. The van der Waals surface area contributed by atoms with Gasteiger partial charge in [-0.2, -0.15) is 4.31 Å². The molecule has 19 heavy (non-hydrogen) atoms. The Balaban J connectivity index is 2.41. The van der Waals surface area contributed by atoms with Gasteiger partial charge in [-0.05, 0) is 24.3 Å². The molecule has 0 spiro atoms. The first kappa shape index (κ1) is 14.4. The van der Waals surface area contributed by atoms with Crippen LogP contribution < -0.4 is 0 Å². The summed E-state index contributed by atoms with van der Waals surface area (Å²) in [5.41, 5.74) is 0.475. The van der Waals surface area contributed by atoms with Gasteiger partial charge in [0.2, 0.25) is 10.0 Å². The number of aromatic carboxylic acids is 1. The quantitative estimate of drug-likeness (QED) is 0.902. The summed E-state index contributed by atoms with van der Waals surface area (Å²) in [7, 11) is -2.22. The Bertz CT molecular complexity index is 592. The van der Waals surface area contributed by atoms with Gasteiger partial charge in [0.15, 0.2) is 0 Å². The number of carboxylic acid groups (broad SMARTS) is 1. The molecule has 1 aromatic rings. The molecule has 1 aliphatic heterocycles. The van der Waals surface area contributed by atoms with Crippen LogP contribution in [0.15, 0.2) is 10.3 Å². The second-order valence-electron chi connectivity index (χ2n) is 4.39. The zero-order valence-corrected chi connectivity index (χ0v) is 12.3. The summed E-state index contributed by atoms with van der Waals surface area (Å²) in [6, 6.07) is 0. The first-order valence-corrected chi connectivity index (χ1v) is 8.04. The fourth-order valence-corrected chi connectivity index (χ4v) is 5.21. The molecule has 106 valence electrons. The summed E-state index contributed by atoms with van der Waals surface area (Å²) in [6.07, 6.45) is 0.503. The fraction of sp³-hybridized carbons (Fsp3) is 0.545. The SMILES string of the molecule is COC1CCN(S(=O)(=O)c2c(C)csc2C(=O)O)C1. The molecule has 2 heterocycles. The molecule has 1 unspecified atom stereocenters. The molecule has 1 N–H and O–H groups in total. The van der Waals surface area contributed by atoms with Crippen molar-refractivity contribution >= 4 is 27.3 Å². The van der Waals surface area contributed by atoms with E-state index in [1.54, 1.807) is 19.4 Å². The number of sulfonamides is 1. The van der Waals surface area contributed by atoms with Crippen molar-refractivity contribution in [1.29, 1.82) is 0 Å². The fourth-order valence-electron chi connectivity index (χ4n) is 2.14. The van der Waals surface area contributed by atoms with Gasteiger partial charge in [-0.1, -0.05) is 0 Å². The predicted molar refractivity (Wildman–Crippen MR) is 70.2 cm³/mol. The van der Waals surface area contributed by atoms with E-state index >= 15 is 0 Å². The van der Waals surface area contributed by atoms with Gasteiger partial charge in [0, 0.05) is 20.2 Å². The van der Waals surface area contributed by atoms with E-state index in [1.807, 2.05) is 0 Å². The van der Waals surface area contributed by atoms with Gasteiger partial charge in [0.05, 0.1) is 6.10 Å². The summed E-state index contributed by atoms with van der Waals surface area (Å²) in [6.45, 7) is 2.24. The Morgan fingerprint density at radius 2 is 2.26 bits per heavy atom. The van der Waals surface area contributed by atoms with Gasteiger partial charge in [-0.3, -0.25) is 0 Å². The maximum absolute atomic E-state index is 12.5. The molecule has 1 atom stereocenters. The topological polar surface area (TPSA) is 83.9 Å². The third-order valence-corrected chi connectivity index (χ3v) is 6.42.